The third-order valence-corrected chi connectivity index (χ3v) is 5.20. The van der Waals surface area contributed by atoms with E-state index in [9.17, 15) is 18.3 Å². The third kappa shape index (κ3) is 3.99. The molecule has 1 atom stereocenters. The average molecular weight is 357 g/mol. The topological polar surface area (TPSA) is 93.1 Å². The molecule has 7 nitrogen and oxygen atoms in total. The maximum atomic E-state index is 12.0. The second kappa shape index (κ2) is 7.40. The van der Waals surface area contributed by atoms with Crippen LogP contribution in [0.5, 0.6) is 11.5 Å². The zero-order valence-electron chi connectivity index (χ0n) is 14.1. The number of sulfonamides is 1. The lowest BCUT2D eigenvalue weighted by Crippen LogP contribution is -2.40. The van der Waals surface area contributed by atoms with Crippen molar-refractivity contribution in [1.29, 1.82) is 0 Å². The molecule has 134 valence electrons. The molecule has 0 spiro atoms. The molecule has 1 N–H and O–H groups in total. The Balaban J connectivity index is 2.55. The molecule has 1 aliphatic heterocycles. The summed E-state index contributed by atoms with van der Waals surface area (Å²) in [5, 5.41) is 9.21. The Morgan fingerprint density at radius 3 is 2.33 bits per heavy atom. The van der Waals surface area contributed by atoms with E-state index >= 15 is 0 Å². The first-order valence-corrected chi connectivity index (χ1v) is 9.73. The number of carboxylic acid groups (broad SMARTS) is 1. The predicted molar refractivity (Wildman–Crippen MR) is 89.0 cm³/mol. The highest BCUT2D eigenvalue weighted by molar-refractivity contribution is 7.88. The van der Waals surface area contributed by atoms with Crippen LogP contribution in [0.25, 0.3) is 0 Å². The number of aliphatic carboxylic acids is 1. The molecule has 0 saturated carbocycles. The Bertz CT molecular complexity index is 716. The molecule has 0 aliphatic carbocycles. The SMILES string of the molecule is CCOc1cc2c(cc1OCC)[C@H](CC(=O)O)N(S(C)(=O)=O)CC2. The number of nitrogens with zero attached hydrogens (tertiary/aromatic N) is 1. The van der Waals surface area contributed by atoms with Gasteiger partial charge in [-0.3, -0.25) is 4.79 Å². The van der Waals surface area contributed by atoms with Crippen LogP contribution in [0.15, 0.2) is 12.1 Å². The Hall–Kier alpha value is -1.80. The summed E-state index contributed by atoms with van der Waals surface area (Å²) in [5.41, 5.74) is 1.56. The van der Waals surface area contributed by atoms with Gasteiger partial charge in [0.2, 0.25) is 10.0 Å². The molecule has 24 heavy (non-hydrogen) atoms. The number of carboxylic acids is 1. The first-order chi connectivity index (χ1) is 11.3. The van der Waals surface area contributed by atoms with E-state index in [1.54, 1.807) is 6.07 Å². The van der Waals surface area contributed by atoms with Crippen LogP contribution >= 0.6 is 0 Å². The van der Waals surface area contributed by atoms with Crippen molar-refractivity contribution >= 4 is 16.0 Å². The predicted octanol–water partition coefficient (Wildman–Crippen LogP) is 1.82. The molecular weight excluding hydrogens is 334 g/mol. The first-order valence-electron chi connectivity index (χ1n) is 7.88. The molecule has 1 aromatic rings. The van der Waals surface area contributed by atoms with Crippen LogP contribution in [0.1, 0.15) is 37.4 Å². The molecule has 0 saturated heterocycles. The second-order valence-corrected chi connectivity index (χ2v) is 7.54. The standard InChI is InChI=1S/C16H23NO6S/c1-4-22-14-8-11-6-7-17(24(3,20)21)13(10-16(18)19)12(11)9-15(14)23-5-2/h8-9,13H,4-7,10H2,1-3H3,(H,18,19)/t13-/m0/s1. The van der Waals surface area contributed by atoms with E-state index in [-0.39, 0.29) is 13.0 Å². The van der Waals surface area contributed by atoms with E-state index in [4.69, 9.17) is 9.47 Å². The number of hydrogen-bond donors (Lipinski definition) is 1. The molecule has 1 heterocycles. The smallest absolute Gasteiger partial charge is 0.305 e. The van der Waals surface area contributed by atoms with Crippen molar-refractivity contribution in [2.24, 2.45) is 0 Å². The van der Waals surface area contributed by atoms with Crippen LogP contribution in [0.3, 0.4) is 0 Å². The van der Waals surface area contributed by atoms with Crippen LogP contribution < -0.4 is 9.47 Å². The fourth-order valence-corrected chi connectivity index (χ4v) is 4.07. The van der Waals surface area contributed by atoms with Crippen LogP contribution in [0.4, 0.5) is 0 Å². The minimum absolute atomic E-state index is 0.253. The zero-order valence-corrected chi connectivity index (χ0v) is 14.9. The quantitative estimate of drug-likeness (QED) is 0.800. The van der Waals surface area contributed by atoms with Crippen LogP contribution in [-0.4, -0.2) is 49.8 Å². The van der Waals surface area contributed by atoms with Crippen molar-refractivity contribution in [2.75, 3.05) is 26.0 Å². The lowest BCUT2D eigenvalue weighted by Gasteiger charge is -2.35. The summed E-state index contributed by atoms with van der Waals surface area (Å²) >= 11 is 0. The summed E-state index contributed by atoms with van der Waals surface area (Å²) in [6.45, 7) is 4.87. The van der Waals surface area contributed by atoms with E-state index < -0.39 is 22.0 Å². The minimum atomic E-state index is -3.51. The summed E-state index contributed by atoms with van der Waals surface area (Å²) in [7, 11) is -3.51. The molecule has 0 radical (unpaired) electrons. The monoisotopic (exact) mass is 357 g/mol. The fourth-order valence-electron chi connectivity index (χ4n) is 3.00. The third-order valence-electron chi connectivity index (χ3n) is 3.91. The second-order valence-electron chi connectivity index (χ2n) is 5.60. The fraction of sp³-hybridized carbons (Fsp3) is 0.562. The number of rotatable bonds is 7. The van der Waals surface area contributed by atoms with Gasteiger partial charge in [0, 0.05) is 6.54 Å². The molecule has 2 rings (SSSR count). The van der Waals surface area contributed by atoms with E-state index in [1.165, 1.54) is 4.31 Å². The van der Waals surface area contributed by atoms with Gasteiger partial charge in [0.05, 0.1) is 31.9 Å². The van der Waals surface area contributed by atoms with Gasteiger partial charge in [-0.15, -0.1) is 0 Å². The van der Waals surface area contributed by atoms with Gasteiger partial charge in [0.1, 0.15) is 0 Å². The molecule has 8 heteroatoms. The Labute approximate surface area is 142 Å². The Kier molecular flexibility index (Phi) is 5.71. The van der Waals surface area contributed by atoms with Gasteiger partial charge < -0.3 is 14.6 Å². The molecule has 0 bridgehead atoms. The van der Waals surface area contributed by atoms with Gasteiger partial charge in [0.15, 0.2) is 11.5 Å². The maximum Gasteiger partial charge on any atom is 0.305 e. The largest absolute Gasteiger partial charge is 0.490 e. The van der Waals surface area contributed by atoms with Crippen molar-refractivity contribution < 1.29 is 27.8 Å². The van der Waals surface area contributed by atoms with E-state index in [2.05, 4.69) is 0 Å². The van der Waals surface area contributed by atoms with Crippen LogP contribution in [0.2, 0.25) is 0 Å². The van der Waals surface area contributed by atoms with Crippen molar-refractivity contribution in [2.45, 2.75) is 32.7 Å². The van der Waals surface area contributed by atoms with Crippen molar-refractivity contribution in [3.8, 4) is 11.5 Å². The Morgan fingerprint density at radius 1 is 1.25 bits per heavy atom. The van der Waals surface area contributed by atoms with Gasteiger partial charge in [-0.25, -0.2) is 8.42 Å². The first kappa shape index (κ1) is 18.5. The van der Waals surface area contributed by atoms with Crippen molar-refractivity contribution in [1.82, 2.24) is 4.31 Å². The van der Waals surface area contributed by atoms with Gasteiger partial charge >= 0.3 is 5.97 Å². The number of fused-ring (bicyclic) bond motifs is 1. The highest BCUT2D eigenvalue weighted by atomic mass is 32.2. The van der Waals surface area contributed by atoms with Gasteiger partial charge in [-0.05, 0) is 43.5 Å². The molecule has 0 unspecified atom stereocenters. The molecule has 0 amide bonds. The molecule has 1 aromatic carbocycles. The average Bonchev–Trinajstić information content (AvgIpc) is 2.47. The molecular formula is C16H23NO6S. The summed E-state index contributed by atoms with van der Waals surface area (Å²) in [6.07, 6.45) is 1.31. The van der Waals surface area contributed by atoms with Gasteiger partial charge in [-0.2, -0.15) is 4.31 Å². The summed E-state index contributed by atoms with van der Waals surface area (Å²) in [6, 6.07) is 2.81. The van der Waals surface area contributed by atoms with Gasteiger partial charge in [0.25, 0.3) is 0 Å². The minimum Gasteiger partial charge on any atom is -0.490 e. The number of hydrogen-bond acceptors (Lipinski definition) is 5. The maximum absolute atomic E-state index is 12.0. The number of benzene rings is 1. The number of ether oxygens (including phenoxy) is 2. The van der Waals surface area contributed by atoms with Crippen LogP contribution in [-0.2, 0) is 21.2 Å². The summed E-state index contributed by atoms with van der Waals surface area (Å²) < 4.78 is 36.5. The highest BCUT2D eigenvalue weighted by Crippen LogP contribution is 2.40. The molecule has 0 fully saturated rings. The normalized spacial score (nSPS) is 18.0. The van der Waals surface area contributed by atoms with E-state index in [1.807, 2.05) is 19.9 Å². The van der Waals surface area contributed by atoms with E-state index in [0.29, 0.717) is 36.7 Å². The highest BCUT2D eigenvalue weighted by Gasteiger charge is 2.35. The lowest BCUT2D eigenvalue weighted by atomic mass is 9.91. The summed E-state index contributed by atoms with van der Waals surface area (Å²) in [5.74, 6) is 0.0529. The Morgan fingerprint density at radius 2 is 1.83 bits per heavy atom. The lowest BCUT2D eigenvalue weighted by molar-refractivity contribution is -0.138. The molecule has 1 aliphatic rings. The number of carbonyl (C=O) groups is 1. The summed E-state index contributed by atoms with van der Waals surface area (Å²) in [4.78, 5) is 11.3. The van der Waals surface area contributed by atoms with Crippen molar-refractivity contribution in [3.05, 3.63) is 23.3 Å². The molecule has 0 aromatic heterocycles. The van der Waals surface area contributed by atoms with Crippen LogP contribution in [0, 0.1) is 0 Å². The van der Waals surface area contributed by atoms with Gasteiger partial charge in [-0.1, -0.05) is 0 Å². The zero-order chi connectivity index (χ0) is 17.9. The van der Waals surface area contributed by atoms with E-state index in [0.717, 1.165) is 11.8 Å². The van der Waals surface area contributed by atoms with Crippen molar-refractivity contribution in [3.63, 3.8) is 0 Å².